The molecule has 0 saturated carbocycles. The van der Waals surface area contributed by atoms with E-state index >= 15 is 0 Å². The van der Waals surface area contributed by atoms with Crippen molar-refractivity contribution in [2.24, 2.45) is 0 Å². The first kappa shape index (κ1) is 35.6. The molecule has 4 heteroatoms. The van der Waals surface area contributed by atoms with E-state index in [1.165, 1.54) is 16.2 Å². The Morgan fingerprint density at radius 2 is 0.919 bits per heavy atom. The maximum Gasteiger partial charge on any atom is 0.135 e. The van der Waals surface area contributed by atoms with Crippen LogP contribution in [0.1, 0.15) is 0 Å². The van der Waals surface area contributed by atoms with Gasteiger partial charge in [0, 0.05) is 60.7 Å². The van der Waals surface area contributed by atoms with Gasteiger partial charge in [-0.2, -0.15) is 0 Å². The van der Waals surface area contributed by atoms with Crippen LogP contribution in [-0.2, 0) is 0 Å². The number of benzene rings is 9. The van der Waals surface area contributed by atoms with Gasteiger partial charge in [-0.3, -0.25) is 0 Å². The van der Waals surface area contributed by atoms with E-state index < -0.39 is 0 Å². The van der Waals surface area contributed by atoms with Gasteiger partial charge in [-0.1, -0.05) is 158 Å². The van der Waals surface area contributed by atoms with Crippen LogP contribution in [0.5, 0.6) is 0 Å². The van der Waals surface area contributed by atoms with Crippen molar-refractivity contribution in [3.05, 3.63) is 224 Å². The Balaban J connectivity index is 1.02. The molecule has 0 aliphatic rings. The highest BCUT2D eigenvalue weighted by Crippen LogP contribution is 2.42. The molecule has 12 aromatic rings. The molecule has 0 spiro atoms. The molecule has 4 nitrogen and oxygen atoms in total. The molecule has 9 aromatic carbocycles. The molecule has 0 amide bonds. The molecule has 0 bridgehead atoms. The van der Waals surface area contributed by atoms with Crippen molar-refractivity contribution in [3.63, 3.8) is 0 Å². The Kier molecular flexibility index (Phi) is 8.46. The zero-order valence-electron chi connectivity index (χ0n) is 33.6. The topological polar surface area (TPSA) is 42.2 Å². The molecule has 12 rings (SSSR count). The number of pyridine rings is 2. The fourth-order valence-electron chi connectivity index (χ4n) is 9.03. The van der Waals surface area contributed by atoms with Crippen molar-refractivity contribution in [2.45, 2.75) is 0 Å². The van der Waals surface area contributed by atoms with Gasteiger partial charge >= 0.3 is 0 Å². The van der Waals surface area contributed by atoms with Crippen molar-refractivity contribution in [3.8, 4) is 44.9 Å². The summed E-state index contributed by atoms with van der Waals surface area (Å²) in [6.07, 6.45) is 0. The highest BCUT2D eigenvalue weighted by Gasteiger charge is 2.19. The summed E-state index contributed by atoms with van der Waals surface area (Å²) in [6, 6.07) is 79.1. The quantitative estimate of drug-likeness (QED) is 0.151. The molecule has 0 aliphatic heterocycles. The van der Waals surface area contributed by atoms with Gasteiger partial charge in [-0.05, 0) is 88.6 Å². The van der Waals surface area contributed by atoms with E-state index in [9.17, 15) is 0 Å². The molecular weight excluding hydrogens is 755 g/mol. The summed E-state index contributed by atoms with van der Waals surface area (Å²) in [5, 5.41) is 8.02. The first-order valence-corrected chi connectivity index (χ1v) is 21.0. The second kappa shape index (κ2) is 14.7. The minimum Gasteiger partial charge on any atom is -0.456 e. The van der Waals surface area contributed by atoms with Gasteiger partial charge < -0.3 is 9.32 Å². The van der Waals surface area contributed by atoms with Crippen LogP contribution in [0.25, 0.3) is 99.3 Å². The smallest absolute Gasteiger partial charge is 0.135 e. The Bertz CT molecular complexity index is 3560. The van der Waals surface area contributed by atoms with Crippen LogP contribution in [-0.4, -0.2) is 9.97 Å². The lowest BCUT2D eigenvalue weighted by Gasteiger charge is -2.25. The van der Waals surface area contributed by atoms with E-state index in [4.69, 9.17) is 14.4 Å². The number of fused-ring (bicyclic) bond motifs is 8. The highest BCUT2D eigenvalue weighted by atomic mass is 16.3. The SMILES string of the molecule is c1ccc(-c2cc(-c3ccccc3)nc(-c3ccc4c(c3)nc(-c3ccc(N(c5ccccc5)c5ccc6oc7ccccc7c6c5)cc3)c3ccc5ccccc5c34)c2)cc1. The maximum atomic E-state index is 6.21. The third-order valence-corrected chi connectivity index (χ3v) is 12.0. The third-order valence-electron chi connectivity index (χ3n) is 12.0. The number of aromatic nitrogens is 2. The van der Waals surface area contributed by atoms with E-state index in [2.05, 4.69) is 211 Å². The van der Waals surface area contributed by atoms with E-state index in [-0.39, 0.29) is 0 Å². The summed E-state index contributed by atoms with van der Waals surface area (Å²) in [7, 11) is 0. The summed E-state index contributed by atoms with van der Waals surface area (Å²) >= 11 is 0. The molecule has 0 atom stereocenters. The maximum absolute atomic E-state index is 6.21. The molecule has 0 radical (unpaired) electrons. The average molecular weight is 792 g/mol. The van der Waals surface area contributed by atoms with Gasteiger partial charge in [-0.15, -0.1) is 0 Å². The second-order valence-corrected chi connectivity index (χ2v) is 15.8. The normalized spacial score (nSPS) is 11.5. The third kappa shape index (κ3) is 6.16. The molecule has 0 N–H and O–H groups in total. The summed E-state index contributed by atoms with van der Waals surface area (Å²) in [5.41, 5.74) is 14.0. The van der Waals surface area contributed by atoms with Crippen LogP contribution < -0.4 is 4.90 Å². The van der Waals surface area contributed by atoms with Crippen LogP contribution in [0, 0.1) is 0 Å². The second-order valence-electron chi connectivity index (χ2n) is 15.8. The number of hydrogen-bond acceptors (Lipinski definition) is 4. The van der Waals surface area contributed by atoms with Gasteiger partial charge in [-0.25, -0.2) is 9.97 Å². The number of rotatable bonds is 7. The Hall–Kier alpha value is -8.34. The van der Waals surface area contributed by atoms with E-state index in [1.807, 2.05) is 18.2 Å². The molecular formula is C58H37N3O. The number of anilines is 3. The average Bonchev–Trinajstić information content (AvgIpc) is 3.72. The Morgan fingerprint density at radius 1 is 0.323 bits per heavy atom. The molecule has 3 aromatic heterocycles. The lowest BCUT2D eigenvalue weighted by atomic mass is 9.94. The predicted molar refractivity (Wildman–Crippen MR) is 258 cm³/mol. The van der Waals surface area contributed by atoms with E-state index in [0.717, 1.165) is 100 Å². The number of furan rings is 1. The lowest BCUT2D eigenvalue weighted by Crippen LogP contribution is -2.09. The van der Waals surface area contributed by atoms with Crippen LogP contribution in [0.4, 0.5) is 17.1 Å². The van der Waals surface area contributed by atoms with Crippen molar-refractivity contribution in [1.82, 2.24) is 9.97 Å². The van der Waals surface area contributed by atoms with Gasteiger partial charge in [0.2, 0.25) is 0 Å². The predicted octanol–water partition coefficient (Wildman–Crippen LogP) is 16.0. The highest BCUT2D eigenvalue weighted by molar-refractivity contribution is 6.22. The Morgan fingerprint density at radius 3 is 1.71 bits per heavy atom. The van der Waals surface area contributed by atoms with Gasteiger partial charge in [0.15, 0.2) is 0 Å². The summed E-state index contributed by atoms with van der Waals surface area (Å²) in [5.74, 6) is 0. The van der Waals surface area contributed by atoms with Gasteiger partial charge in [0.25, 0.3) is 0 Å². The van der Waals surface area contributed by atoms with Gasteiger partial charge in [0.1, 0.15) is 11.2 Å². The molecule has 0 fully saturated rings. The standard InChI is InChI=1S/C58H37N3O/c1-4-14-38(15-5-1)43-35-52(40-17-6-2-7-18-40)59-53(36-43)42-27-31-49-54(34-42)60-58(50-32-26-39-16-10-11-21-47(39)57(49)50)41-24-28-45(29-25-41)61(44-19-8-3-9-20-44)46-30-33-56-51(37-46)48-22-12-13-23-55(48)62-56/h1-37H. The van der Waals surface area contributed by atoms with Crippen molar-refractivity contribution < 1.29 is 4.42 Å². The molecule has 0 aliphatic carbocycles. The summed E-state index contributed by atoms with van der Waals surface area (Å²) in [4.78, 5) is 13.1. The minimum atomic E-state index is 0.875. The van der Waals surface area contributed by atoms with Crippen LogP contribution in [0.3, 0.4) is 0 Å². The largest absolute Gasteiger partial charge is 0.456 e. The van der Waals surface area contributed by atoms with Gasteiger partial charge in [0.05, 0.1) is 22.6 Å². The van der Waals surface area contributed by atoms with Crippen LogP contribution >= 0.6 is 0 Å². The molecule has 0 saturated heterocycles. The molecule has 0 unspecified atom stereocenters. The first-order valence-electron chi connectivity index (χ1n) is 21.0. The zero-order valence-corrected chi connectivity index (χ0v) is 33.6. The Labute approximate surface area is 358 Å². The van der Waals surface area contributed by atoms with Crippen molar-refractivity contribution >= 4 is 71.4 Å². The fraction of sp³-hybridized carbons (Fsp3) is 0. The zero-order chi connectivity index (χ0) is 41.0. The molecule has 290 valence electrons. The van der Waals surface area contributed by atoms with E-state index in [0.29, 0.717) is 0 Å². The molecule has 62 heavy (non-hydrogen) atoms. The van der Waals surface area contributed by atoms with Crippen LogP contribution in [0.2, 0.25) is 0 Å². The van der Waals surface area contributed by atoms with Crippen molar-refractivity contribution in [1.29, 1.82) is 0 Å². The molecule has 3 heterocycles. The van der Waals surface area contributed by atoms with Crippen molar-refractivity contribution in [2.75, 3.05) is 4.90 Å². The first-order chi connectivity index (χ1) is 30.7. The van der Waals surface area contributed by atoms with Crippen LogP contribution in [0.15, 0.2) is 229 Å². The monoisotopic (exact) mass is 791 g/mol. The fourth-order valence-corrected chi connectivity index (χ4v) is 9.03. The minimum absolute atomic E-state index is 0.875. The van der Waals surface area contributed by atoms with E-state index in [1.54, 1.807) is 0 Å². The number of nitrogens with zero attached hydrogens (tertiary/aromatic N) is 3. The lowest BCUT2D eigenvalue weighted by molar-refractivity contribution is 0.669. The number of para-hydroxylation sites is 2. The summed E-state index contributed by atoms with van der Waals surface area (Å²) < 4.78 is 6.21. The summed E-state index contributed by atoms with van der Waals surface area (Å²) in [6.45, 7) is 0. The number of hydrogen-bond donors (Lipinski definition) is 0.